The van der Waals surface area contributed by atoms with Crippen LogP contribution in [0, 0.1) is 6.92 Å². The summed E-state index contributed by atoms with van der Waals surface area (Å²) in [4.78, 5) is 31.8. The first kappa shape index (κ1) is 23.5. The Kier molecular flexibility index (Phi) is 6.70. The smallest absolute Gasteiger partial charge is 0.338 e. The van der Waals surface area contributed by atoms with E-state index in [2.05, 4.69) is 4.99 Å². The normalized spacial score (nSPS) is 15.6. The van der Waals surface area contributed by atoms with Gasteiger partial charge in [-0.25, -0.2) is 9.79 Å². The van der Waals surface area contributed by atoms with Crippen molar-refractivity contribution >= 4 is 23.4 Å². The van der Waals surface area contributed by atoms with E-state index in [-0.39, 0.29) is 12.2 Å². The molecule has 0 unspecified atom stereocenters. The summed E-state index contributed by atoms with van der Waals surface area (Å²) >= 11 is 1.29. The van der Waals surface area contributed by atoms with Crippen molar-refractivity contribution in [3.8, 4) is 11.5 Å². The van der Waals surface area contributed by atoms with Crippen LogP contribution in [0.2, 0.25) is 0 Å². The minimum Gasteiger partial charge on any atom is -0.497 e. The molecule has 0 saturated heterocycles. The lowest BCUT2D eigenvalue weighted by Gasteiger charge is -2.26. The SMILES string of the molecule is CCOC(=O)C1=C(C)N=c2s/c(=C\c3ccc(C)cc3)c(=O)n2[C@@H]1c1ccc(OC)cc1OC. The minimum absolute atomic E-state index is 0.208. The first-order valence-corrected chi connectivity index (χ1v) is 11.7. The monoisotopic (exact) mass is 478 g/mol. The summed E-state index contributed by atoms with van der Waals surface area (Å²) in [5.41, 5.74) is 3.27. The van der Waals surface area contributed by atoms with Gasteiger partial charge in [0.2, 0.25) is 0 Å². The van der Waals surface area contributed by atoms with Gasteiger partial charge in [0.1, 0.15) is 17.5 Å². The Morgan fingerprint density at radius 3 is 2.50 bits per heavy atom. The molecule has 0 fully saturated rings. The first-order valence-electron chi connectivity index (χ1n) is 10.9. The molecule has 1 aliphatic heterocycles. The summed E-state index contributed by atoms with van der Waals surface area (Å²) in [6.07, 6.45) is 1.84. The van der Waals surface area contributed by atoms with Crippen LogP contribution in [-0.2, 0) is 9.53 Å². The molecule has 2 heterocycles. The molecule has 0 spiro atoms. The van der Waals surface area contributed by atoms with Crippen molar-refractivity contribution in [1.82, 2.24) is 4.57 Å². The Morgan fingerprint density at radius 1 is 1.12 bits per heavy atom. The van der Waals surface area contributed by atoms with E-state index in [9.17, 15) is 9.59 Å². The number of aryl methyl sites for hydroxylation is 1. The average Bonchev–Trinajstić information content (AvgIpc) is 3.13. The van der Waals surface area contributed by atoms with E-state index in [1.54, 1.807) is 50.8 Å². The van der Waals surface area contributed by atoms with Crippen molar-refractivity contribution in [1.29, 1.82) is 0 Å². The molecule has 0 aliphatic carbocycles. The van der Waals surface area contributed by atoms with E-state index in [1.807, 2.05) is 37.3 Å². The van der Waals surface area contributed by atoms with Crippen LogP contribution >= 0.6 is 11.3 Å². The molecule has 0 bridgehead atoms. The van der Waals surface area contributed by atoms with Crippen LogP contribution in [-0.4, -0.2) is 31.4 Å². The Bertz CT molecular complexity index is 1450. The fourth-order valence-corrected chi connectivity index (χ4v) is 4.99. The van der Waals surface area contributed by atoms with E-state index in [1.165, 1.54) is 11.3 Å². The van der Waals surface area contributed by atoms with E-state index < -0.39 is 12.0 Å². The Labute approximate surface area is 201 Å². The average molecular weight is 479 g/mol. The van der Waals surface area contributed by atoms with Gasteiger partial charge >= 0.3 is 5.97 Å². The summed E-state index contributed by atoms with van der Waals surface area (Å²) in [6.45, 7) is 5.72. The van der Waals surface area contributed by atoms with Crippen molar-refractivity contribution in [2.24, 2.45) is 4.99 Å². The van der Waals surface area contributed by atoms with E-state index in [0.29, 0.717) is 37.7 Å². The van der Waals surface area contributed by atoms with Gasteiger partial charge in [0, 0.05) is 11.6 Å². The number of esters is 1. The van der Waals surface area contributed by atoms with Crippen molar-refractivity contribution in [3.05, 3.63) is 90.1 Å². The number of rotatable bonds is 6. The lowest BCUT2D eigenvalue weighted by molar-refractivity contribution is -0.139. The fourth-order valence-electron chi connectivity index (χ4n) is 3.94. The van der Waals surface area contributed by atoms with Gasteiger partial charge in [-0.1, -0.05) is 41.2 Å². The molecule has 3 aromatic rings. The maximum absolute atomic E-state index is 13.7. The van der Waals surface area contributed by atoms with Crippen LogP contribution in [0.5, 0.6) is 11.5 Å². The van der Waals surface area contributed by atoms with Gasteiger partial charge in [-0.2, -0.15) is 0 Å². The number of benzene rings is 2. The largest absolute Gasteiger partial charge is 0.497 e. The highest BCUT2D eigenvalue weighted by atomic mass is 32.1. The van der Waals surface area contributed by atoms with Crippen LogP contribution < -0.4 is 24.4 Å². The molecular formula is C26H26N2O5S. The molecule has 34 heavy (non-hydrogen) atoms. The van der Waals surface area contributed by atoms with Gasteiger partial charge < -0.3 is 14.2 Å². The number of nitrogens with zero attached hydrogens (tertiary/aromatic N) is 2. The number of hydrogen-bond donors (Lipinski definition) is 0. The summed E-state index contributed by atoms with van der Waals surface area (Å²) in [7, 11) is 3.11. The second kappa shape index (κ2) is 9.69. The molecule has 176 valence electrons. The zero-order chi connectivity index (χ0) is 24.4. The third-order valence-corrected chi connectivity index (χ3v) is 6.61. The number of thiazole rings is 1. The molecular weight excluding hydrogens is 452 g/mol. The molecule has 0 N–H and O–H groups in total. The first-order chi connectivity index (χ1) is 16.4. The van der Waals surface area contributed by atoms with Gasteiger partial charge in [-0.05, 0) is 44.5 Å². The van der Waals surface area contributed by atoms with Crippen LogP contribution in [0.15, 0.2) is 63.5 Å². The van der Waals surface area contributed by atoms with Gasteiger partial charge in [-0.15, -0.1) is 0 Å². The summed E-state index contributed by atoms with van der Waals surface area (Å²) in [5, 5.41) is 0. The molecule has 1 atom stereocenters. The minimum atomic E-state index is -0.753. The molecule has 1 aromatic heterocycles. The topological polar surface area (TPSA) is 79.1 Å². The van der Waals surface area contributed by atoms with Crippen molar-refractivity contribution in [3.63, 3.8) is 0 Å². The van der Waals surface area contributed by atoms with Crippen LogP contribution in [0.1, 0.15) is 36.6 Å². The zero-order valence-corrected chi connectivity index (χ0v) is 20.6. The van der Waals surface area contributed by atoms with E-state index in [4.69, 9.17) is 14.2 Å². The Hall–Kier alpha value is -3.65. The molecule has 2 aromatic carbocycles. The highest BCUT2D eigenvalue weighted by Crippen LogP contribution is 2.37. The zero-order valence-electron chi connectivity index (χ0n) is 19.7. The summed E-state index contributed by atoms with van der Waals surface area (Å²) in [5.74, 6) is 0.583. The number of allylic oxidation sites excluding steroid dienone is 1. The number of carbonyl (C=O) groups is 1. The third-order valence-electron chi connectivity index (χ3n) is 5.63. The summed E-state index contributed by atoms with van der Waals surface area (Å²) in [6, 6.07) is 12.5. The fraction of sp³-hybridized carbons (Fsp3) is 0.269. The Morgan fingerprint density at radius 2 is 1.85 bits per heavy atom. The standard InChI is InChI=1S/C26H26N2O5S/c1-6-33-25(30)22-16(3)27-26-28(23(22)19-12-11-18(31-4)14-20(19)32-5)24(29)21(34-26)13-17-9-7-15(2)8-10-17/h7-14,23H,6H2,1-5H3/b21-13-/t23-/m1/s1. The number of hydrogen-bond acceptors (Lipinski definition) is 7. The van der Waals surface area contributed by atoms with Gasteiger partial charge in [0.15, 0.2) is 4.80 Å². The second-order valence-corrected chi connectivity index (χ2v) is 8.83. The van der Waals surface area contributed by atoms with Crippen LogP contribution in [0.4, 0.5) is 0 Å². The number of aromatic nitrogens is 1. The lowest BCUT2D eigenvalue weighted by atomic mass is 9.95. The summed E-state index contributed by atoms with van der Waals surface area (Å²) < 4.78 is 18.4. The number of ether oxygens (including phenoxy) is 3. The quantitative estimate of drug-likeness (QED) is 0.509. The molecule has 0 radical (unpaired) electrons. The molecule has 1 aliphatic rings. The maximum Gasteiger partial charge on any atom is 0.338 e. The van der Waals surface area contributed by atoms with E-state index in [0.717, 1.165) is 11.1 Å². The number of fused-ring (bicyclic) bond motifs is 1. The molecule has 0 amide bonds. The number of carbonyl (C=O) groups excluding carboxylic acids is 1. The molecule has 8 heteroatoms. The maximum atomic E-state index is 13.7. The molecule has 4 rings (SSSR count). The number of methoxy groups -OCH3 is 2. The molecule has 0 saturated carbocycles. The van der Waals surface area contributed by atoms with Crippen LogP contribution in [0.3, 0.4) is 0 Å². The second-order valence-electron chi connectivity index (χ2n) is 7.82. The van der Waals surface area contributed by atoms with Gasteiger partial charge in [0.25, 0.3) is 5.56 Å². The van der Waals surface area contributed by atoms with Gasteiger partial charge in [-0.3, -0.25) is 9.36 Å². The van der Waals surface area contributed by atoms with Crippen molar-refractivity contribution < 1.29 is 19.0 Å². The third kappa shape index (κ3) is 4.28. The van der Waals surface area contributed by atoms with E-state index >= 15 is 0 Å². The van der Waals surface area contributed by atoms with Gasteiger partial charge in [0.05, 0.1) is 36.6 Å². The van der Waals surface area contributed by atoms with Crippen molar-refractivity contribution in [2.45, 2.75) is 26.8 Å². The lowest BCUT2D eigenvalue weighted by Crippen LogP contribution is -2.40. The Balaban J connectivity index is 1.99. The van der Waals surface area contributed by atoms with Crippen molar-refractivity contribution in [2.75, 3.05) is 20.8 Å². The molecule has 7 nitrogen and oxygen atoms in total. The highest BCUT2D eigenvalue weighted by Gasteiger charge is 2.35. The van der Waals surface area contributed by atoms with Crippen LogP contribution in [0.25, 0.3) is 6.08 Å². The predicted molar refractivity (Wildman–Crippen MR) is 131 cm³/mol. The highest BCUT2D eigenvalue weighted by molar-refractivity contribution is 7.07. The predicted octanol–water partition coefficient (Wildman–Crippen LogP) is 3.12.